The maximum absolute atomic E-state index is 9.32. The molecule has 17 heavy (non-hydrogen) atoms. The van der Waals surface area contributed by atoms with Gasteiger partial charge in [-0.25, -0.2) is 9.97 Å². The Labute approximate surface area is 99.7 Å². The Bertz CT molecular complexity index is 481. The van der Waals surface area contributed by atoms with Crippen molar-refractivity contribution in [2.24, 2.45) is 0 Å². The van der Waals surface area contributed by atoms with E-state index in [4.69, 9.17) is 0 Å². The molecule has 0 saturated carbocycles. The van der Waals surface area contributed by atoms with Crippen molar-refractivity contribution in [3.8, 4) is 0 Å². The van der Waals surface area contributed by atoms with E-state index in [1.807, 2.05) is 31.3 Å². The molecular formula is C11H17N5O. The number of hydrogen-bond acceptors (Lipinski definition) is 5. The smallest absolute Gasteiger partial charge is 0.142 e. The summed E-state index contributed by atoms with van der Waals surface area (Å²) in [6, 6.07) is 1.87. The standard InChI is InChI=1S/C11H17N5O/c1-16(2)5-8(6-17)15-11-9-3-4-12-10(9)13-7-14-11/h3-4,7-8,17H,5-6H2,1-2H3,(H2,12,13,14,15)/t8-/m0/s1. The molecule has 1 atom stereocenters. The number of fused-ring (bicyclic) bond motifs is 1. The molecule has 0 fully saturated rings. The third-order valence-electron chi connectivity index (χ3n) is 2.50. The van der Waals surface area contributed by atoms with Crippen LogP contribution in [0.3, 0.4) is 0 Å². The van der Waals surface area contributed by atoms with Crippen LogP contribution in [0.25, 0.3) is 11.0 Å². The van der Waals surface area contributed by atoms with Gasteiger partial charge >= 0.3 is 0 Å². The lowest BCUT2D eigenvalue weighted by Crippen LogP contribution is -2.35. The lowest BCUT2D eigenvalue weighted by atomic mass is 10.2. The van der Waals surface area contributed by atoms with Crippen LogP contribution in [0.2, 0.25) is 0 Å². The zero-order valence-corrected chi connectivity index (χ0v) is 10.0. The fourth-order valence-corrected chi connectivity index (χ4v) is 1.77. The SMILES string of the molecule is CN(C)C[C@@H](CO)Nc1ncnc2[nH]ccc12. The van der Waals surface area contributed by atoms with Gasteiger partial charge in [0, 0.05) is 12.7 Å². The highest BCUT2D eigenvalue weighted by Gasteiger charge is 2.11. The molecule has 0 amide bonds. The number of anilines is 1. The molecule has 0 aromatic carbocycles. The monoisotopic (exact) mass is 235 g/mol. The van der Waals surface area contributed by atoms with E-state index in [1.54, 1.807) is 0 Å². The number of nitrogens with zero attached hydrogens (tertiary/aromatic N) is 3. The molecule has 2 rings (SSSR count). The predicted molar refractivity (Wildman–Crippen MR) is 66.9 cm³/mol. The molecule has 2 aromatic rings. The Morgan fingerprint density at radius 2 is 2.29 bits per heavy atom. The van der Waals surface area contributed by atoms with Gasteiger partial charge in [-0.1, -0.05) is 0 Å². The Morgan fingerprint density at radius 3 is 3.00 bits per heavy atom. The van der Waals surface area contributed by atoms with Crippen LogP contribution in [0.1, 0.15) is 0 Å². The van der Waals surface area contributed by atoms with Crippen molar-refractivity contribution in [1.82, 2.24) is 19.9 Å². The highest BCUT2D eigenvalue weighted by molar-refractivity contribution is 5.86. The molecule has 3 N–H and O–H groups in total. The summed E-state index contributed by atoms with van der Waals surface area (Å²) in [5.41, 5.74) is 0.795. The van der Waals surface area contributed by atoms with Crippen LogP contribution in [0.5, 0.6) is 0 Å². The number of H-pyrrole nitrogens is 1. The summed E-state index contributed by atoms with van der Waals surface area (Å²) >= 11 is 0. The fraction of sp³-hybridized carbons (Fsp3) is 0.455. The lowest BCUT2D eigenvalue weighted by Gasteiger charge is -2.20. The predicted octanol–water partition coefficient (Wildman–Crippen LogP) is 0.292. The van der Waals surface area contributed by atoms with E-state index in [-0.39, 0.29) is 12.6 Å². The third kappa shape index (κ3) is 2.72. The van der Waals surface area contributed by atoms with Gasteiger partial charge in [0.15, 0.2) is 0 Å². The van der Waals surface area contributed by atoms with Gasteiger partial charge in [-0.3, -0.25) is 0 Å². The van der Waals surface area contributed by atoms with Crippen LogP contribution in [0, 0.1) is 0 Å². The first-order valence-corrected chi connectivity index (χ1v) is 5.51. The highest BCUT2D eigenvalue weighted by Crippen LogP contribution is 2.18. The lowest BCUT2D eigenvalue weighted by molar-refractivity contribution is 0.245. The normalized spacial score (nSPS) is 13.2. The van der Waals surface area contributed by atoms with Crippen molar-refractivity contribution in [3.63, 3.8) is 0 Å². The molecule has 0 aliphatic heterocycles. The van der Waals surface area contributed by atoms with Gasteiger partial charge in [0.1, 0.15) is 17.8 Å². The molecular weight excluding hydrogens is 218 g/mol. The second-order valence-corrected chi connectivity index (χ2v) is 4.25. The van der Waals surface area contributed by atoms with Crippen molar-refractivity contribution in [3.05, 3.63) is 18.6 Å². The van der Waals surface area contributed by atoms with Gasteiger partial charge in [-0.15, -0.1) is 0 Å². The minimum atomic E-state index is -0.0435. The number of aliphatic hydroxyl groups excluding tert-OH is 1. The largest absolute Gasteiger partial charge is 0.394 e. The second kappa shape index (κ2) is 5.11. The number of rotatable bonds is 5. The number of nitrogens with one attached hydrogen (secondary N) is 2. The van der Waals surface area contributed by atoms with Crippen molar-refractivity contribution >= 4 is 16.9 Å². The van der Waals surface area contributed by atoms with Crippen LogP contribution in [0.4, 0.5) is 5.82 Å². The number of aliphatic hydroxyl groups is 1. The number of aromatic nitrogens is 3. The van der Waals surface area contributed by atoms with Gasteiger partial charge < -0.3 is 20.3 Å². The second-order valence-electron chi connectivity index (χ2n) is 4.25. The van der Waals surface area contributed by atoms with Crippen LogP contribution in [-0.2, 0) is 0 Å². The summed E-state index contributed by atoms with van der Waals surface area (Å²) in [5.74, 6) is 0.747. The topological polar surface area (TPSA) is 77.1 Å². The maximum Gasteiger partial charge on any atom is 0.142 e. The minimum absolute atomic E-state index is 0.0435. The molecule has 0 bridgehead atoms. The summed E-state index contributed by atoms with van der Waals surface area (Å²) in [7, 11) is 3.94. The fourth-order valence-electron chi connectivity index (χ4n) is 1.77. The van der Waals surface area contributed by atoms with Crippen LogP contribution < -0.4 is 5.32 Å². The molecule has 0 saturated heterocycles. The molecule has 2 heterocycles. The van der Waals surface area contributed by atoms with Crippen LogP contribution in [0.15, 0.2) is 18.6 Å². The molecule has 92 valence electrons. The highest BCUT2D eigenvalue weighted by atomic mass is 16.3. The van der Waals surface area contributed by atoms with Crippen molar-refractivity contribution in [1.29, 1.82) is 0 Å². The number of hydrogen-bond donors (Lipinski definition) is 3. The van der Waals surface area contributed by atoms with E-state index < -0.39 is 0 Å². The first-order valence-electron chi connectivity index (χ1n) is 5.51. The van der Waals surface area contributed by atoms with E-state index >= 15 is 0 Å². The average Bonchev–Trinajstić information content (AvgIpc) is 2.76. The van der Waals surface area contributed by atoms with Crippen molar-refractivity contribution in [2.75, 3.05) is 32.6 Å². The van der Waals surface area contributed by atoms with Gasteiger partial charge in [0.05, 0.1) is 18.0 Å². The van der Waals surface area contributed by atoms with E-state index in [1.165, 1.54) is 6.33 Å². The van der Waals surface area contributed by atoms with Crippen LogP contribution >= 0.6 is 0 Å². The molecule has 6 heteroatoms. The molecule has 0 unspecified atom stereocenters. The summed E-state index contributed by atoms with van der Waals surface area (Å²) in [6.45, 7) is 0.806. The zero-order valence-electron chi connectivity index (χ0n) is 10.0. The number of aromatic amines is 1. The number of likely N-dealkylation sites (N-methyl/N-ethyl adjacent to an activating group) is 1. The Hall–Kier alpha value is -1.66. The molecule has 0 spiro atoms. The molecule has 0 radical (unpaired) electrons. The Balaban J connectivity index is 2.19. The van der Waals surface area contributed by atoms with Gasteiger partial charge in [0.2, 0.25) is 0 Å². The van der Waals surface area contributed by atoms with Crippen molar-refractivity contribution in [2.45, 2.75) is 6.04 Å². The van der Waals surface area contributed by atoms with E-state index in [9.17, 15) is 5.11 Å². The quantitative estimate of drug-likeness (QED) is 0.694. The molecule has 0 aliphatic rings. The first kappa shape index (κ1) is 11.8. The van der Waals surface area contributed by atoms with Gasteiger partial charge in [-0.05, 0) is 20.2 Å². The minimum Gasteiger partial charge on any atom is -0.394 e. The summed E-state index contributed by atoms with van der Waals surface area (Å²) in [6.07, 6.45) is 3.33. The molecule has 6 nitrogen and oxygen atoms in total. The Kier molecular flexibility index (Phi) is 3.55. The first-order chi connectivity index (χ1) is 8.20. The molecule has 2 aromatic heterocycles. The van der Waals surface area contributed by atoms with Gasteiger partial charge in [0.25, 0.3) is 0 Å². The zero-order chi connectivity index (χ0) is 12.3. The average molecular weight is 235 g/mol. The summed E-state index contributed by atoms with van der Waals surface area (Å²) < 4.78 is 0. The summed E-state index contributed by atoms with van der Waals surface area (Å²) in [5, 5.41) is 13.5. The van der Waals surface area contributed by atoms with E-state index in [0.29, 0.717) is 0 Å². The van der Waals surface area contributed by atoms with Crippen molar-refractivity contribution < 1.29 is 5.11 Å². The third-order valence-corrected chi connectivity index (χ3v) is 2.50. The summed E-state index contributed by atoms with van der Waals surface area (Å²) in [4.78, 5) is 13.4. The van der Waals surface area contributed by atoms with E-state index in [2.05, 4.69) is 20.3 Å². The Morgan fingerprint density at radius 1 is 1.47 bits per heavy atom. The van der Waals surface area contributed by atoms with E-state index in [0.717, 1.165) is 23.4 Å². The maximum atomic E-state index is 9.32. The van der Waals surface area contributed by atoms with Gasteiger partial charge in [-0.2, -0.15) is 0 Å². The van der Waals surface area contributed by atoms with Crippen LogP contribution in [-0.4, -0.2) is 58.2 Å². The molecule has 0 aliphatic carbocycles.